The van der Waals surface area contributed by atoms with E-state index in [1.54, 1.807) is 12.1 Å². The second kappa shape index (κ2) is 6.85. The van der Waals surface area contributed by atoms with Crippen LogP contribution in [0.15, 0.2) is 23.1 Å². The minimum atomic E-state index is -3.66. The van der Waals surface area contributed by atoms with Gasteiger partial charge in [-0.2, -0.15) is 0 Å². The van der Waals surface area contributed by atoms with Crippen LogP contribution in [-0.4, -0.2) is 26.0 Å². The molecule has 5 nitrogen and oxygen atoms in total. The minimum absolute atomic E-state index is 0.0849. The number of benzene rings is 1. The molecule has 0 amide bonds. The Labute approximate surface area is 120 Å². The van der Waals surface area contributed by atoms with E-state index in [4.69, 9.17) is 5.11 Å². The summed E-state index contributed by atoms with van der Waals surface area (Å²) in [4.78, 5) is 11.2. The van der Waals surface area contributed by atoms with Crippen LogP contribution in [0.3, 0.4) is 0 Å². The molecule has 112 valence electrons. The second-order valence-corrected chi connectivity index (χ2v) is 6.69. The number of carboxylic acid groups (broad SMARTS) is 1. The van der Waals surface area contributed by atoms with Crippen LogP contribution in [0, 0.1) is 19.8 Å². The summed E-state index contributed by atoms with van der Waals surface area (Å²) in [6, 6.07) is 4.86. The molecule has 0 aliphatic rings. The molecule has 6 heteroatoms. The van der Waals surface area contributed by atoms with Gasteiger partial charge >= 0.3 is 5.97 Å². The highest BCUT2D eigenvalue weighted by Crippen LogP contribution is 2.15. The number of hydrogen-bond acceptors (Lipinski definition) is 3. The van der Waals surface area contributed by atoms with Crippen molar-refractivity contribution >= 4 is 16.0 Å². The number of sulfonamides is 1. The summed E-state index contributed by atoms with van der Waals surface area (Å²) in [5.74, 6) is -1.67. The average Bonchev–Trinajstić information content (AvgIpc) is 2.37. The van der Waals surface area contributed by atoms with Gasteiger partial charge in [-0.25, -0.2) is 13.1 Å². The normalized spacial score (nSPS) is 13.2. The van der Waals surface area contributed by atoms with E-state index in [-0.39, 0.29) is 11.4 Å². The highest BCUT2D eigenvalue weighted by atomic mass is 32.2. The van der Waals surface area contributed by atoms with Gasteiger partial charge < -0.3 is 5.11 Å². The molecule has 1 aromatic carbocycles. The van der Waals surface area contributed by atoms with Crippen LogP contribution >= 0.6 is 0 Å². The highest BCUT2D eigenvalue weighted by Gasteiger charge is 2.21. The fourth-order valence-corrected chi connectivity index (χ4v) is 3.00. The van der Waals surface area contributed by atoms with Crippen molar-refractivity contribution in [2.75, 3.05) is 6.54 Å². The molecule has 1 aromatic rings. The Bertz CT molecular complexity index is 581. The van der Waals surface area contributed by atoms with Gasteiger partial charge in [0.15, 0.2) is 0 Å². The van der Waals surface area contributed by atoms with Crippen molar-refractivity contribution < 1.29 is 18.3 Å². The summed E-state index contributed by atoms with van der Waals surface area (Å²) in [6.07, 6.45) is 1.15. The first-order valence-corrected chi connectivity index (χ1v) is 8.06. The summed E-state index contributed by atoms with van der Waals surface area (Å²) in [6.45, 7) is 5.53. The molecule has 0 fully saturated rings. The van der Waals surface area contributed by atoms with Gasteiger partial charge in [0, 0.05) is 6.54 Å². The molecule has 0 aliphatic heterocycles. The Morgan fingerprint density at radius 1 is 1.30 bits per heavy atom. The van der Waals surface area contributed by atoms with Crippen molar-refractivity contribution in [3.63, 3.8) is 0 Å². The van der Waals surface area contributed by atoms with Gasteiger partial charge in [-0.1, -0.05) is 19.4 Å². The van der Waals surface area contributed by atoms with E-state index in [0.717, 1.165) is 11.1 Å². The zero-order valence-electron chi connectivity index (χ0n) is 12.0. The van der Waals surface area contributed by atoms with E-state index < -0.39 is 21.9 Å². The Balaban J connectivity index is 2.84. The maximum absolute atomic E-state index is 12.1. The molecule has 2 N–H and O–H groups in total. The van der Waals surface area contributed by atoms with Gasteiger partial charge in [0.05, 0.1) is 10.8 Å². The third-order valence-corrected chi connectivity index (χ3v) is 4.72. The molecular weight excluding hydrogens is 278 g/mol. The summed E-state index contributed by atoms with van der Waals surface area (Å²) in [5, 5.41) is 9.02. The van der Waals surface area contributed by atoms with E-state index in [1.807, 2.05) is 20.8 Å². The molecule has 0 aromatic heterocycles. The molecule has 0 aliphatic carbocycles. The number of carbonyl (C=O) groups is 1. The Hall–Kier alpha value is -1.40. The zero-order valence-corrected chi connectivity index (χ0v) is 12.8. The summed E-state index contributed by atoms with van der Waals surface area (Å²) in [5.41, 5.74) is 1.90. The van der Waals surface area contributed by atoms with Crippen molar-refractivity contribution in [1.82, 2.24) is 4.72 Å². The molecule has 0 bridgehead atoms. The lowest BCUT2D eigenvalue weighted by Crippen LogP contribution is -2.33. The average molecular weight is 299 g/mol. The molecule has 0 radical (unpaired) electrons. The largest absolute Gasteiger partial charge is 0.481 e. The number of aryl methyl sites for hydroxylation is 2. The SMILES string of the molecule is CCCC(CNS(=O)(=O)c1ccc(C)c(C)c1)C(=O)O. The predicted molar refractivity (Wildman–Crippen MR) is 77.1 cm³/mol. The number of nitrogens with one attached hydrogen (secondary N) is 1. The minimum Gasteiger partial charge on any atom is -0.481 e. The molecule has 0 heterocycles. The van der Waals surface area contributed by atoms with Gasteiger partial charge in [0.1, 0.15) is 0 Å². The van der Waals surface area contributed by atoms with Gasteiger partial charge in [0.2, 0.25) is 10.0 Å². The smallest absolute Gasteiger partial charge is 0.307 e. The molecule has 1 rings (SSSR count). The molecule has 0 saturated carbocycles. The first-order valence-electron chi connectivity index (χ1n) is 6.57. The fourth-order valence-electron chi connectivity index (χ4n) is 1.84. The molecule has 1 unspecified atom stereocenters. The fraction of sp³-hybridized carbons (Fsp3) is 0.500. The molecule has 20 heavy (non-hydrogen) atoms. The lowest BCUT2D eigenvalue weighted by molar-refractivity contribution is -0.141. The number of carboxylic acids is 1. The number of aliphatic carboxylic acids is 1. The summed E-state index contributed by atoms with van der Waals surface area (Å²) in [7, 11) is -3.66. The highest BCUT2D eigenvalue weighted by molar-refractivity contribution is 7.89. The van der Waals surface area contributed by atoms with E-state index in [0.29, 0.717) is 12.8 Å². The van der Waals surface area contributed by atoms with Crippen molar-refractivity contribution in [3.8, 4) is 0 Å². The van der Waals surface area contributed by atoms with E-state index in [1.165, 1.54) is 6.07 Å². The second-order valence-electron chi connectivity index (χ2n) is 4.92. The van der Waals surface area contributed by atoms with Crippen molar-refractivity contribution in [3.05, 3.63) is 29.3 Å². The Morgan fingerprint density at radius 3 is 2.45 bits per heavy atom. The van der Waals surface area contributed by atoms with Crippen molar-refractivity contribution in [1.29, 1.82) is 0 Å². The summed E-state index contributed by atoms with van der Waals surface area (Å²) >= 11 is 0. The number of hydrogen-bond donors (Lipinski definition) is 2. The lowest BCUT2D eigenvalue weighted by Gasteiger charge is -2.13. The topological polar surface area (TPSA) is 83.5 Å². The van der Waals surface area contributed by atoms with Crippen LogP contribution < -0.4 is 4.72 Å². The van der Waals surface area contributed by atoms with Gasteiger partial charge in [-0.3, -0.25) is 4.79 Å². The zero-order chi connectivity index (χ0) is 15.3. The van der Waals surface area contributed by atoms with Crippen molar-refractivity contribution in [2.24, 2.45) is 5.92 Å². The van der Waals surface area contributed by atoms with E-state index in [2.05, 4.69) is 4.72 Å². The number of rotatable bonds is 7. The maximum atomic E-state index is 12.1. The van der Waals surface area contributed by atoms with Crippen LogP contribution in [0.5, 0.6) is 0 Å². The van der Waals surface area contributed by atoms with Crippen LogP contribution in [0.4, 0.5) is 0 Å². The van der Waals surface area contributed by atoms with Crippen LogP contribution in [-0.2, 0) is 14.8 Å². The van der Waals surface area contributed by atoms with Crippen LogP contribution in [0.1, 0.15) is 30.9 Å². The molecule has 0 saturated heterocycles. The van der Waals surface area contributed by atoms with Crippen molar-refractivity contribution in [2.45, 2.75) is 38.5 Å². The maximum Gasteiger partial charge on any atom is 0.307 e. The summed E-state index contributed by atoms with van der Waals surface area (Å²) < 4.78 is 26.6. The van der Waals surface area contributed by atoms with E-state index >= 15 is 0 Å². The van der Waals surface area contributed by atoms with Gasteiger partial charge in [-0.05, 0) is 43.5 Å². The standard InChI is InChI=1S/C14H21NO4S/c1-4-5-12(14(16)17)9-15-20(18,19)13-7-6-10(2)11(3)8-13/h6-8,12,15H,4-5,9H2,1-3H3,(H,16,17). The third kappa shape index (κ3) is 4.31. The monoisotopic (exact) mass is 299 g/mol. The van der Waals surface area contributed by atoms with E-state index in [9.17, 15) is 13.2 Å². The first-order chi connectivity index (χ1) is 9.27. The van der Waals surface area contributed by atoms with Gasteiger partial charge in [0.25, 0.3) is 0 Å². The third-order valence-electron chi connectivity index (χ3n) is 3.29. The Kier molecular flexibility index (Phi) is 5.71. The Morgan fingerprint density at radius 2 is 1.95 bits per heavy atom. The quantitative estimate of drug-likeness (QED) is 0.807. The predicted octanol–water partition coefficient (Wildman–Crippen LogP) is 2.08. The molecule has 0 spiro atoms. The first kappa shape index (κ1) is 16.7. The lowest BCUT2D eigenvalue weighted by atomic mass is 10.1. The van der Waals surface area contributed by atoms with Crippen LogP contribution in [0.25, 0.3) is 0 Å². The molecular formula is C14H21NO4S. The molecule has 1 atom stereocenters. The van der Waals surface area contributed by atoms with Gasteiger partial charge in [-0.15, -0.1) is 0 Å². The van der Waals surface area contributed by atoms with Crippen LogP contribution in [0.2, 0.25) is 0 Å².